The Bertz CT molecular complexity index is 802. The minimum Gasteiger partial charge on any atom is -0.444 e. The van der Waals surface area contributed by atoms with E-state index in [4.69, 9.17) is 15.5 Å². The number of amides is 2. The van der Waals surface area contributed by atoms with Crippen LogP contribution >= 0.6 is 24.0 Å². The molecule has 0 saturated carbocycles. The maximum absolute atomic E-state index is 12.4. The molecule has 1 aromatic rings. The molecule has 8 nitrogen and oxygen atoms in total. The Morgan fingerprint density at radius 3 is 2.45 bits per heavy atom. The predicted molar refractivity (Wildman–Crippen MR) is 143 cm³/mol. The Morgan fingerprint density at radius 2 is 1.91 bits per heavy atom. The number of nitrogens with zero attached hydrogens (tertiary/aromatic N) is 3. The lowest BCUT2D eigenvalue weighted by Crippen LogP contribution is -2.47. The molecule has 0 bridgehead atoms. The molecule has 1 aliphatic rings. The van der Waals surface area contributed by atoms with E-state index in [0.717, 1.165) is 44.0 Å². The molecule has 2 amide bonds. The monoisotopic (exact) mass is 573 g/mol. The van der Waals surface area contributed by atoms with Gasteiger partial charge in [0.15, 0.2) is 5.96 Å². The van der Waals surface area contributed by atoms with Gasteiger partial charge in [-0.25, -0.2) is 9.79 Å². The lowest BCUT2D eigenvalue weighted by Gasteiger charge is -2.36. The molecule has 1 aromatic carbocycles. The van der Waals surface area contributed by atoms with E-state index >= 15 is 0 Å². The molecule has 0 radical (unpaired) electrons. The van der Waals surface area contributed by atoms with Crippen molar-refractivity contribution in [2.75, 3.05) is 32.7 Å². The maximum atomic E-state index is 12.4. The van der Waals surface area contributed by atoms with Crippen molar-refractivity contribution >= 4 is 41.9 Å². The van der Waals surface area contributed by atoms with Crippen LogP contribution in [0.3, 0.4) is 0 Å². The Hall–Kier alpha value is -2.04. The second-order valence-electron chi connectivity index (χ2n) is 9.18. The molecule has 1 saturated heterocycles. The number of hydrogen-bond donors (Lipinski definition) is 2. The summed E-state index contributed by atoms with van der Waals surface area (Å²) in [4.78, 5) is 32.7. The molecule has 0 aromatic heterocycles. The molecule has 33 heavy (non-hydrogen) atoms. The largest absolute Gasteiger partial charge is 0.444 e. The van der Waals surface area contributed by atoms with Gasteiger partial charge in [0.25, 0.3) is 0 Å². The van der Waals surface area contributed by atoms with Crippen LogP contribution in [0.25, 0.3) is 0 Å². The molecule has 2 rings (SSSR count). The first kappa shape index (κ1) is 29.0. The fourth-order valence-corrected chi connectivity index (χ4v) is 3.71. The summed E-state index contributed by atoms with van der Waals surface area (Å²) in [5.41, 5.74) is 6.34. The number of piperidine rings is 1. The van der Waals surface area contributed by atoms with Crippen LogP contribution in [0.1, 0.15) is 63.4 Å². The highest BCUT2D eigenvalue weighted by atomic mass is 127. The standard InChI is InChI=1S/C24H39N5O3.HI/c1-6-26-22(27-16-19-9-8-10-20(15-19)21(25)30)29-13-11-18(12-14-29)17-28(7-2)23(31)32-24(3,4)5;/h8-10,15,18H,6-7,11-14,16-17H2,1-5H3,(H2,25,30)(H,26,27);1H. The van der Waals surface area contributed by atoms with Gasteiger partial charge in [-0.05, 0) is 71.1 Å². The molecule has 9 heteroatoms. The molecule has 1 heterocycles. The van der Waals surface area contributed by atoms with Crippen molar-refractivity contribution in [2.24, 2.45) is 16.6 Å². The molecule has 0 unspecified atom stereocenters. The van der Waals surface area contributed by atoms with Crippen LogP contribution in [0.4, 0.5) is 4.79 Å². The summed E-state index contributed by atoms with van der Waals surface area (Å²) in [6, 6.07) is 7.27. The quantitative estimate of drug-likeness (QED) is 0.294. The van der Waals surface area contributed by atoms with E-state index in [2.05, 4.69) is 17.1 Å². The van der Waals surface area contributed by atoms with Crippen molar-refractivity contribution in [1.82, 2.24) is 15.1 Å². The van der Waals surface area contributed by atoms with Crippen molar-refractivity contribution in [2.45, 2.75) is 59.6 Å². The topological polar surface area (TPSA) is 100 Å². The molecule has 0 atom stereocenters. The minimum atomic E-state index is -0.484. The van der Waals surface area contributed by atoms with Crippen LogP contribution in [0.2, 0.25) is 0 Å². The molecule has 1 fully saturated rings. The van der Waals surface area contributed by atoms with Crippen LogP contribution in [-0.2, 0) is 11.3 Å². The van der Waals surface area contributed by atoms with Crippen LogP contribution in [0.15, 0.2) is 29.3 Å². The normalized spacial score (nSPS) is 14.9. The first-order valence-electron chi connectivity index (χ1n) is 11.5. The van der Waals surface area contributed by atoms with Gasteiger partial charge in [-0.15, -0.1) is 24.0 Å². The van der Waals surface area contributed by atoms with E-state index in [1.807, 2.05) is 39.8 Å². The van der Waals surface area contributed by atoms with Gasteiger partial charge in [0, 0.05) is 38.3 Å². The number of benzene rings is 1. The van der Waals surface area contributed by atoms with Gasteiger partial charge in [0.05, 0.1) is 6.54 Å². The lowest BCUT2D eigenvalue weighted by molar-refractivity contribution is 0.0214. The SMILES string of the molecule is CCNC(=NCc1cccc(C(N)=O)c1)N1CCC(CN(CC)C(=O)OC(C)(C)C)CC1.I. The van der Waals surface area contributed by atoms with Crippen molar-refractivity contribution in [1.29, 1.82) is 0 Å². The highest BCUT2D eigenvalue weighted by Crippen LogP contribution is 2.20. The maximum Gasteiger partial charge on any atom is 0.410 e. The Morgan fingerprint density at radius 1 is 1.24 bits per heavy atom. The average molecular weight is 574 g/mol. The lowest BCUT2D eigenvalue weighted by atomic mass is 9.96. The van der Waals surface area contributed by atoms with Gasteiger partial charge < -0.3 is 25.6 Å². The van der Waals surface area contributed by atoms with E-state index in [1.165, 1.54) is 0 Å². The average Bonchev–Trinajstić information content (AvgIpc) is 2.74. The van der Waals surface area contributed by atoms with Crippen LogP contribution in [-0.4, -0.2) is 66.1 Å². The van der Waals surface area contributed by atoms with E-state index in [9.17, 15) is 9.59 Å². The number of nitrogens with two attached hydrogens (primary N) is 1. The summed E-state index contributed by atoms with van der Waals surface area (Å²) in [6.45, 7) is 14.1. The van der Waals surface area contributed by atoms with Gasteiger partial charge in [-0.1, -0.05) is 12.1 Å². The van der Waals surface area contributed by atoms with Gasteiger partial charge in [-0.2, -0.15) is 0 Å². The van der Waals surface area contributed by atoms with E-state index in [1.54, 1.807) is 17.0 Å². The van der Waals surface area contributed by atoms with Crippen molar-refractivity contribution in [3.05, 3.63) is 35.4 Å². The molecule has 3 N–H and O–H groups in total. The number of nitrogens with one attached hydrogen (secondary N) is 1. The van der Waals surface area contributed by atoms with Crippen LogP contribution in [0, 0.1) is 5.92 Å². The van der Waals surface area contributed by atoms with Crippen molar-refractivity contribution < 1.29 is 14.3 Å². The molecule has 0 spiro atoms. The molecular weight excluding hydrogens is 533 g/mol. The zero-order chi connectivity index (χ0) is 23.7. The summed E-state index contributed by atoms with van der Waals surface area (Å²) in [5, 5.41) is 3.37. The fraction of sp³-hybridized carbons (Fsp3) is 0.625. The third-order valence-electron chi connectivity index (χ3n) is 5.38. The number of halogens is 1. The number of likely N-dealkylation sites (tertiary alicyclic amines) is 1. The van der Waals surface area contributed by atoms with Crippen LogP contribution < -0.4 is 11.1 Å². The number of guanidine groups is 1. The number of carbonyl (C=O) groups is 2. The number of hydrogen-bond acceptors (Lipinski definition) is 4. The van der Waals surface area contributed by atoms with Gasteiger partial charge in [0.2, 0.25) is 5.91 Å². The number of rotatable bonds is 7. The molecule has 186 valence electrons. The summed E-state index contributed by atoms with van der Waals surface area (Å²) in [6.07, 6.45) is 1.73. The second kappa shape index (κ2) is 13.6. The smallest absolute Gasteiger partial charge is 0.410 e. The van der Waals surface area contributed by atoms with Gasteiger partial charge in [-0.3, -0.25) is 4.79 Å². The first-order valence-corrected chi connectivity index (χ1v) is 11.5. The Balaban J connectivity index is 0.00000544. The Kier molecular flexibility index (Phi) is 12.0. The van der Waals surface area contributed by atoms with Crippen molar-refractivity contribution in [3.8, 4) is 0 Å². The first-order chi connectivity index (χ1) is 15.1. The van der Waals surface area contributed by atoms with E-state index in [-0.39, 0.29) is 30.1 Å². The zero-order valence-electron chi connectivity index (χ0n) is 20.6. The van der Waals surface area contributed by atoms with Gasteiger partial charge in [0.1, 0.15) is 5.60 Å². The predicted octanol–water partition coefficient (Wildman–Crippen LogP) is 3.84. The molecular formula is C24H40IN5O3. The summed E-state index contributed by atoms with van der Waals surface area (Å²) >= 11 is 0. The highest BCUT2D eigenvalue weighted by Gasteiger charge is 2.27. The van der Waals surface area contributed by atoms with Crippen molar-refractivity contribution in [3.63, 3.8) is 0 Å². The van der Waals surface area contributed by atoms with E-state index < -0.39 is 11.5 Å². The van der Waals surface area contributed by atoms with Crippen LogP contribution in [0.5, 0.6) is 0 Å². The van der Waals surface area contributed by atoms with Gasteiger partial charge >= 0.3 is 6.09 Å². The third-order valence-corrected chi connectivity index (χ3v) is 5.38. The Labute approximate surface area is 215 Å². The number of primary amides is 1. The summed E-state index contributed by atoms with van der Waals surface area (Å²) in [7, 11) is 0. The summed E-state index contributed by atoms with van der Waals surface area (Å²) in [5.74, 6) is 0.876. The fourth-order valence-electron chi connectivity index (χ4n) is 3.71. The number of aliphatic imine (C=N–C) groups is 1. The molecule has 1 aliphatic heterocycles. The summed E-state index contributed by atoms with van der Waals surface area (Å²) < 4.78 is 5.54. The van der Waals surface area contributed by atoms with E-state index in [0.29, 0.717) is 31.1 Å². The number of carbonyl (C=O) groups excluding carboxylic acids is 2. The zero-order valence-corrected chi connectivity index (χ0v) is 22.9. The minimum absolute atomic E-state index is 0. The second-order valence-corrected chi connectivity index (χ2v) is 9.18. The number of ether oxygens (including phenoxy) is 1. The highest BCUT2D eigenvalue weighted by molar-refractivity contribution is 14.0. The third kappa shape index (κ3) is 9.77. The molecule has 0 aliphatic carbocycles.